The van der Waals surface area contributed by atoms with E-state index < -0.39 is 11.4 Å². The molecule has 0 N–H and O–H groups in total. The minimum atomic E-state index is -0.639. The third-order valence-corrected chi connectivity index (χ3v) is 3.33. The average Bonchev–Trinajstić information content (AvgIpc) is 2.51. The predicted octanol–water partition coefficient (Wildman–Crippen LogP) is 2.12. The van der Waals surface area contributed by atoms with E-state index in [-0.39, 0.29) is 11.3 Å². The van der Waals surface area contributed by atoms with E-state index >= 15 is 0 Å². The zero-order valence-corrected chi connectivity index (χ0v) is 11.7. The monoisotopic (exact) mass is 293 g/mol. The van der Waals surface area contributed by atoms with E-state index in [0.29, 0.717) is 11.1 Å². The van der Waals surface area contributed by atoms with Crippen molar-refractivity contribution in [1.29, 1.82) is 0 Å². The largest absolute Gasteiger partial charge is 0.403 e. The lowest BCUT2D eigenvalue weighted by Gasteiger charge is -2.03. The quantitative estimate of drug-likeness (QED) is 0.727. The Kier molecular flexibility index (Phi) is 3.43. The molecule has 0 fully saturated rings. The summed E-state index contributed by atoms with van der Waals surface area (Å²) in [5, 5.41) is 1.64. The minimum absolute atomic E-state index is 0.107. The van der Waals surface area contributed by atoms with Gasteiger partial charge in [-0.15, -0.1) is 0 Å². The summed E-state index contributed by atoms with van der Waals surface area (Å²) in [7, 11) is 0. The fourth-order valence-corrected chi connectivity index (χ4v) is 2.25. The molecular formula is C18H12FNO2. The van der Waals surface area contributed by atoms with Gasteiger partial charge in [-0.2, -0.15) is 0 Å². The third kappa shape index (κ3) is 2.35. The van der Waals surface area contributed by atoms with Crippen LogP contribution in [-0.2, 0) is 0 Å². The number of halogens is 1. The molecule has 108 valence electrons. The molecule has 1 heterocycles. The number of fused-ring (bicyclic) bond motifs is 1. The Morgan fingerprint density at radius 3 is 2.73 bits per heavy atom. The highest BCUT2D eigenvalue weighted by atomic mass is 19.1. The van der Waals surface area contributed by atoms with Crippen LogP contribution in [-0.4, -0.2) is 4.98 Å². The summed E-state index contributed by atoms with van der Waals surface area (Å²) in [6.07, 6.45) is 1.56. The first-order valence-corrected chi connectivity index (χ1v) is 6.61. The molecule has 0 aliphatic heterocycles. The topological polar surface area (TPSA) is 43.1 Å². The predicted molar refractivity (Wildman–Crippen MR) is 84.2 cm³/mol. The molecule has 0 aliphatic rings. The number of hydrogen-bond acceptors (Lipinski definition) is 3. The van der Waals surface area contributed by atoms with Crippen molar-refractivity contribution < 1.29 is 8.81 Å². The maximum Gasteiger partial charge on any atom is 0.347 e. The molecule has 0 radical (unpaired) electrons. The van der Waals surface area contributed by atoms with E-state index in [1.54, 1.807) is 6.08 Å². The molecule has 0 amide bonds. The van der Waals surface area contributed by atoms with Gasteiger partial charge in [-0.1, -0.05) is 43.5 Å². The minimum Gasteiger partial charge on any atom is -0.403 e. The van der Waals surface area contributed by atoms with Gasteiger partial charge in [0, 0.05) is 5.57 Å². The smallest absolute Gasteiger partial charge is 0.347 e. The molecule has 0 bridgehead atoms. The van der Waals surface area contributed by atoms with Gasteiger partial charge in [0.15, 0.2) is 0 Å². The van der Waals surface area contributed by atoms with Crippen LogP contribution < -0.4 is 16.1 Å². The van der Waals surface area contributed by atoms with Gasteiger partial charge in [-0.05, 0) is 28.6 Å². The van der Waals surface area contributed by atoms with Crippen LogP contribution in [0.4, 0.5) is 4.39 Å². The van der Waals surface area contributed by atoms with Gasteiger partial charge in [0.2, 0.25) is 5.89 Å². The molecule has 0 spiro atoms. The van der Waals surface area contributed by atoms with Crippen molar-refractivity contribution in [1.82, 2.24) is 4.98 Å². The fraction of sp³-hybridized carbons (Fsp3) is 0. The van der Waals surface area contributed by atoms with Crippen molar-refractivity contribution in [3.63, 3.8) is 0 Å². The van der Waals surface area contributed by atoms with Gasteiger partial charge in [-0.3, -0.25) is 0 Å². The number of rotatable bonds is 2. The van der Waals surface area contributed by atoms with Gasteiger partial charge >= 0.3 is 5.63 Å². The van der Waals surface area contributed by atoms with Crippen molar-refractivity contribution in [2.24, 2.45) is 0 Å². The fourth-order valence-electron chi connectivity index (χ4n) is 2.25. The number of aromatic nitrogens is 1. The van der Waals surface area contributed by atoms with E-state index in [2.05, 4.69) is 18.1 Å². The van der Waals surface area contributed by atoms with Crippen LogP contribution >= 0.6 is 0 Å². The molecule has 0 atom stereocenters. The molecule has 3 rings (SSSR count). The highest BCUT2D eigenvalue weighted by Gasteiger charge is 2.10. The van der Waals surface area contributed by atoms with Gasteiger partial charge in [-0.25, -0.2) is 14.2 Å². The molecule has 22 heavy (non-hydrogen) atoms. The summed E-state index contributed by atoms with van der Waals surface area (Å²) in [5.74, 6) is -0.374. The maximum absolute atomic E-state index is 13.2. The second kappa shape index (κ2) is 5.41. The van der Waals surface area contributed by atoms with Gasteiger partial charge in [0.25, 0.3) is 0 Å². The Bertz CT molecular complexity index is 1050. The lowest BCUT2D eigenvalue weighted by atomic mass is 10.1. The van der Waals surface area contributed by atoms with Gasteiger partial charge < -0.3 is 4.42 Å². The van der Waals surface area contributed by atoms with Crippen LogP contribution in [0.2, 0.25) is 0 Å². The second-order valence-corrected chi connectivity index (χ2v) is 4.74. The van der Waals surface area contributed by atoms with Crippen molar-refractivity contribution in [3.05, 3.63) is 87.7 Å². The average molecular weight is 293 g/mol. The molecule has 3 nitrogen and oxygen atoms in total. The van der Waals surface area contributed by atoms with Crippen LogP contribution in [0, 0.1) is 5.82 Å². The van der Waals surface area contributed by atoms with E-state index in [4.69, 9.17) is 4.42 Å². The molecule has 0 saturated heterocycles. The van der Waals surface area contributed by atoms with Crippen LogP contribution in [0.25, 0.3) is 23.1 Å². The lowest BCUT2D eigenvalue weighted by molar-refractivity contribution is 0.486. The molecule has 0 aliphatic carbocycles. The zero-order valence-electron chi connectivity index (χ0n) is 11.7. The van der Waals surface area contributed by atoms with Crippen LogP contribution in [0.3, 0.4) is 0 Å². The Morgan fingerprint density at radius 2 is 2.00 bits per heavy atom. The summed E-state index contributed by atoms with van der Waals surface area (Å²) < 4.78 is 18.5. The van der Waals surface area contributed by atoms with E-state index in [1.165, 1.54) is 12.1 Å². The molecular weight excluding hydrogens is 281 g/mol. The van der Waals surface area contributed by atoms with Crippen LogP contribution in [0.1, 0.15) is 5.89 Å². The summed E-state index contributed by atoms with van der Waals surface area (Å²) in [5.41, 5.74) is 0.294. The van der Waals surface area contributed by atoms with Crippen LogP contribution in [0.15, 0.2) is 64.3 Å². The van der Waals surface area contributed by atoms with Gasteiger partial charge in [0.1, 0.15) is 5.82 Å². The second-order valence-electron chi connectivity index (χ2n) is 4.74. The highest BCUT2D eigenvalue weighted by Crippen LogP contribution is 2.14. The summed E-state index contributed by atoms with van der Waals surface area (Å²) >= 11 is 0. The molecule has 0 unspecified atom stereocenters. The Hall–Kier alpha value is -3.01. The molecule has 0 saturated carbocycles. The molecule has 3 aromatic rings. The van der Waals surface area contributed by atoms with E-state index in [0.717, 1.165) is 16.5 Å². The van der Waals surface area contributed by atoms with E-state index in [1.807, 2.05) is 24.3 Å². The Morgan fingerprint density at radius 1 is 1.23 bits per heavy atom. The summed E-state index contributed by atoms with van der Waals surface area (Å²) in [6.45, 7) is 7.70. The number of benzene rings is 2. The molecule has 4 heteroatoms. The van der Waals surface area contributed by atoms with Gasteiger partial charge in [0.05, 0.1) is 10.9 Å². The SMILES string of the molecule is C=C/C(c1nc2ccc(F)cc2c(=O)o1)=c1/ccccc1=C. The van der Waals surface area contributed by atoms with Crippen LogP contribution in [0.5, 0.6) is 0 Å². The zero-order chi connectivity index (χ0) is 15.7. The molecule has 2 aromatic carbocycles. The third-order valence-electron chi connectivity index (χ3n) is 3.33. The van der Waals surface area contributed by atoms with Crippen molar-refractivity contribution in [2.75, 3.05) is 0 Å². The lowest BCUT2D eigenvalue weighted by Crippen LogP contribution is -2.25. The summed E-state index contributed by atoms with van der Waals surface area (Å²) in [6, 6.07) is 11.2. The highest BCUT2D eigenvalue weighted by molar-refractivity contribution is 5.79. The first-order chi connectivity index (χ1) is 10.6. The number of allylic oxidation sites excluding steroid dienone is 1. The van der Waals surface area contributed by atoms with Crippen molar-refractivity contribution in [3.8, 4) is 0 Å². The van der Waals surface area contributed by atoms with Crippen molar-refractivity contribution in [2.45, 2.75) is 0 Å². The Labute approximate surface area is 125 Å². The summed E-state index contributed by atoms with van der Waals surface area (Å²) in [4.78, 5) is 16.3. The first kappa shape index (κ1) is 13.9. The normalized spacial score (nSPS) is 12.2. The number of hydrogen-bond donors (Lipinski definition) is 0. The first-order valence-electron chi connectivity index (χ1n) is 6.61. The van der Waals surface area contributed by atoms with Crippen molar-refractivity contribution >= 4 is 23.1 Å². The standard InChI is InChI=1S/C18H12FNO2/c1-3-13(14-7-5-4-6-11(14)2)17-20-16-9-8-12(19)10-15(16)18(21)22-17/h3-10H,1-2H2/b14-13+. The number of nitrogens with zero attached hydrogens (tertiary/aromatic N) is 1. The molecule has 1 aromatic heterocycles. The van der Waals surface area contributed by atoms with E-state index in [9.17, 15) is 9.18 Å². The maximum atomic E-state index is 13.2. The Balaban J connectivity index is 2.40.